The Labute approximate surface area is 162 Å². The second kappa shape index (κ2) is 7.31. The number of carbonyl (C=O) groups is 1. The summed E-state index contributed by atoms with van der Waals surface area (Å²) in [6.07, 6.45) is 0. The van der Waals surface area contributed by atoms with Crippen molar-refractivity contribution in [3.05, 3.63) is 42.2 Å². The largest absolute Gasteiger partial charge is 0.491 e. The lowest BCUT2D eigenvalue weighted by Gasteiger charge is -2.18. The maximum Gasteiger partial charge on any atom is 0.262 e. The molecule has 150 valence electrons. The van der Waals surface area contributed by atoms with Crippen molar-refractivity contribution in [2.45, 2.75) is 25.7 Å². The van der Waals surface area contributed by atoms with E-state index < -0.39 is 21.3 Å². The summed E-state index contributed by atoms with van der Waals surface area (Å²) in [5.74, 6) is -0.586. The monoisotopic (exact) mass is 408 g/mol. The van der Waals surface area contributed by atoms with Gasteiger partial charge in [-0.1, -0.05) is 0 Å². The Kier molecular flexibility index (Phi) is 5.20. The molecule has 1 amide bonds. The standard InChI is InChI=1S/C19H21FN2O5S/c1-4-26-16-8-6-13(10-14(16)20)28(24,25)22-12-5-7-17-15(9-12)21-18(23)19(2,3)11-27-17/h5-10,22H,4,11H2,1-3H3,(H,21,23). The Morgan fingerprint density at radius 1 is 1.25 bits per heavy atom. The van der Waals surface area contributed by atoms with Gasteiger partial charge in [0.25, 0.3) is 10.0 Å². The van der Waals surface area contributed by atoms with Gasteiger partial charge in [0.05, 0.1) is 28.3 Å². The average molecular weight is 408 g/mol. The lowest BCUT2D eigenvalue weighted by molar-refractivity contribution is -0.124. The van der Waals surface area contributed by atoms with E-state index in [0.29, 0.717) is 11.4 Å². The molecule has 9 heteroatoms. The molecule has 0 atom stereocenters. The molecule has 0 spiro atoms. The molecule has 0 aliphatic carbocycles. The molecule has 3 rings (SSSR count). The zero-order valence-electron chi connectivity index (χ0n) is 15.7. The second-order valence-electron chi connectivity index (χ2n) is 6.97. The van der Waals surface area contributed by atoms with Gasteiger partial charge in [0.2, 0.25) is 5.91 Å². The Bertz CT molecular complexity index is 1020. The Morgan fingerprint density at radius 3 is 2.68 bits per heavy atom. The van der Waals surface area contributed by atoms with Gasteiger partial charge in [0.15, 0.2) is 11.6 Å². The lowest BCUT2D eigenvalue weighted by Crippen LogP contribution is -2.33. The van der Waals surface area contributed by atoms with Crippen molar-refractivity contribution < 1.29 is 27.1 Å². The number of anilines is 2. The molecule has 2 aromatic carbocycles. The fourth-order valence-corrected chi connectivity index (χ4v) is 3.63. The average Bonchev–Trinajstić information content (AvgIpc) is 2.72. The summed E-state index contributed by atoms with van der Waals surface area (Å²) in [5.41, 5.74) is -0.163. The number of sulfonamides is 1. The first-order valence-electron chi connectivity index (χ1n) is 8.66. The van der Waals surface area contributed by atoms with Crippen LogP contribution in [0.4, 0.5) is 15.8 Å². The number of fused-ring (bicyclic) bond motifs is 1. The smallest absolute Gasteiger partial charge is 0.262 e. The lowest BCUT2D eigenvalue weighted by atomic mass is 9.94. The Hall–Kier alpha value is -2.81. The summed E-state index contributed by atoms with van der Waals surface area (Å²) in [6.45, 7) is 5.66. The molecule has 0 bridgehead atoms. The van der Waals surface area contributed by atoms with Crippen LogP contribution in [0.25, 0.3) is 0 Å². The number of amides is 1. The molecular formula is C19H21FN2O5S. The fourth-order valence-electron chi connectivity index (χ4n) is 2.57. The highest BCUT2D eigenvalue weighted by Crippen LogP contribution is 2.34. The van der Waals surface area contributed by atoms with Gasteiger partial charge in [0, 0.05) is 0 Å². The van der Waals surface area contributed by atoms with Gasteiger partial charge >= 0.3 is 0 Å². The zero-order chi connectivity index (χ0) is 20.5. The maximum absolute atomic E-state index is 14.0. The predicted molar refractivity (Wildman–Crippen MR) is 103 cm³/mol. The van der Waals surface area contributed by atoms with Gasteiger partial charge in [-0.2, -0.15) is 0 Å². The third kappa shape index (κ3) is 4.04. The first-order chi connectivity index (χ1) is 13.1. The highest BCUT2D eigenvalue weighted by Gasteiger charge is 2.32. The molecule has 0 unspecified atom stereocenters. The van der Waals surface area contributed by atoms with E-state index in [-0.39, 0.29) is 35.5 Å². The van der Waals surface area contributed by atoms with Gasteiger partial charge in [-0.3, -0.25) is 9.52 Å². The summed E-state index contributed by atoms with van der Waals surface area (Å²) in [5, 5.41) is 2.73. The summed E-state index contributed by atoms with van der Waals surface area (Å²) in [7, 11) is -4.04. The summed E-state index contributed by atoms with van der Waals surface area (Å²) in [4.78, 5) is 12.0. The van der Waals surface area contributed by atoms with Crippen LogP contribution in [0.5, 0.6) is 11.5 Å². The van der Waals surface area contributed by atoms with Crippen LogP contribution in [0.3, 0.4) is 0 Å². The zero-order valence-corrected chi connectivity index (χ0v) is 16.5. The summed E-state index contributed by atoms with van der Waals surface area (Å²) in [6, 6.07) is 7.94. The maximum atomic E-state index is 14.0. The van der Waals surface area contributed by atoms with E-state index in [1.165, 1.54) is 24.3 Å². The van der Waals surface area contributed by atoms with Gasteiger partial charge in [0.1, 0.15) is 12.4 Å². The molecule has 0 saturated heterocycles. The van der Waals surface area contributed by atoms with Crippen molar-refractivity contribution in [1.82, 2.24) is 0 Å². The highest BCUT2D eigenvalue weighted by atomic mass is 32.2. The molecule has 0 saturated carbocycles. The van der Waals surface area contributed by atoms with Crippen molar-refractivity contribution in [2.75, 3.05) is 23.3 Å². The van der Waals surface area contributed by atoms with Gasteiger partial charge in [-0.05, 0) is 57.2 Å². The van der Waals surface area contributed by atoms with E-state index >= 15 is 0 Å². The SMILES string of the molecule is CCOc1ccc(S(=O)(=O)Nc2ccc3c(c2)NC(=O)C(C)(C)CO3)cc1F. The quantitative estimate of drug-likeness (QED) is 0.791. The third-order valence-electron chi connectivity index (χ3n) is 4.20. The van der Waals surface area contributed by atoms with Crippen LogP contribution in [0.2, 0.25) is 0 Å². The normalized spacial score (nSPS) is 15.6. The van der Waals surface area contributed by atoms with Crippen LogP contribution in [-0.2, 0) is 14.8 Å². The number of ether oxygens (including phenoxy) is 2. The second-order valence-corrected chi connectivity index (χ2v) is 8.65. The first kappa shape index (κ1) is 19.9. The Balaban J connectivity index is 1.86. The summed E-state index contributed by atoms with van der Waals surface area (Å²) < 4.78 is 52.3. The van der Waals surface area contributed by atoms with Crippen LogP contribution in [0.15, 0.2) is 41.3 Å². The van der Waals surface area contributed by atoms with Crippen LogP contribution in [-0.4, -0.2) is 27.5 Å². The van der Waals surface area contributed by atoms with Crippen molar-refractivity contribution in [3.8, 4) is 11.5 Å². The predicted octanol–water partition coefficient (Wildman–Crippen LogP) is 3.38. The van der Waals surface area contributed by atoms with Crippen molar-refractivity contribution in [1.29, 1.82) is 0 Å². The van der Waals surface area contributed by atoms with Crippen molar-refractivity contribution in [2.24, 2.45) is 5.41 Å². The van der Waals surface area contributed by atoms with E-state index in [0.717, 1.165) is 6.07 Å². The molecule has 0 fully saturated rings. The van der Waals surface area contributed by atoms with Crippen LogP contribution >= 0.6 is 0 Å². The number of carbonyl (C=O) groups excluding carboxylic acids is 1. The van der Waals surface area contributed by atoms with E-state index in [2.05, 4.69) is 10.0 Å². The molecule has 1 aliphatic rings. The van der Waals surface area contributed by atoms with Gasteiger partial charge < -0.3 is 14.8 Å². The third-order valence-corrected chi connectivity index (χ3v) is 5.58. The van der Waals surface area contributed by atoms with E-state index in [9.17, 15) is 17.6 Å². The van der Waals surface area contributed by atoms with Gasteiger partial charge in [-0.25, -0.2) is 12.8 Å². The van der Waals surface area contributed by atoms with Crippen LogP contribution in [0, 0.1) is 11.2 Å². The number of rotatable bonds is 5. The molecule has 28 heavy (non-hydrogen) atoms. The van der Waals surface area contributed by atoms with E-state index in [4.69, 9.17) is 9.47 Å². The molecule has 7 nitrogen and oxygen atoms in total. The topological polar surface area (TPSA) is 93.7 Å². The number of halogens is 1. The Morgan fingerprint density at radius 2 is 2.00 bits per heavy atom. The molecule has 0 radical (unpaired) electrons. The van der Waals surface area contributed by atoms with Crippen molar-refractivity contribution >= 4 is 27.3 Å². The van der Waals surface area contributed by atoms with Crippen LogP contribution in [0.1, 0.15) is 20.8 Å². The minimum atomic E-state index is -4.04. The first-order valence-corrected chi connectivity index (χ1v) is 10.1. The fraction of sp³-hybridized carbons (Fsp3) is 0.316. The molecular weight excluding hydrogens is 387 g/mol. The molecule has 0 aromatic heterocycles. The summed E-state index contributed by atoms with van der Waals surface area (Å²) >= 11 is 0. The molecule has 1 aliphatic heterocycles. The number of nitrogens with one attached hydrogen (secondary N) is 2. The molecule has 2 aromatic rings. The van der Waals surface area contributed by atoms with E-state index in [1.54, 1.807) is 26.8 Å². The number of hydrogen-bond donors (Lipinski definition) is 2. The van der Waals surface area contributed by atoms with Crippen molar-refractivity contribution in [3.63, 3.8) is 0 Å². The highest BCUT2D eigenvalue weighted by molar-refractivity contribution is 7.92. The van der Waals surface area contributed by atoms with Gasteiger partial charge in [-0.15, -0.1) is 0 Å². The van der Waals surface area contributed by atoms with Crippen LogP contribution < -0.4 is 19.5 Å². The number of benzene rings is 2. The minimum absolute atomic E-state index is 0.0195. The minimum Gasteiger partial charge on any atom is -0.491 e. The number of hydrogen-bond acceptors (Lipinski definition) is 5. The van der Waals surface area contributed by atoms with E-state index in [1.807, 2.05) is 0 Å². The molecule has 1 heterocycles. The molecule has 2 N–H and O–H groups in total.